The van der Waals surface area contributed by atoms with E-state index in [9.17, 15) is 0 Å². The van der Waals surface area contributed by atoms with Crippen LogP contribution in [0.2, 0.25) is 19.6 Å². The molecule has 33 heavy (non-hydrogen) atoms. The zero-order valence-electron chi connectivity index (χ0n) is 23.5. The largest absolute Gasteiger partial charge is 0.414 e. The Morgan fingerprint density at radius 1 is 1.06 bits per heavy atom. The summed E-state index contributed by atoms with van der Waals surface area (Å²) in [7, 11) is -1.48. The maximum Gasteiger partial charge on any atom is 0.184 e. The van der Waals surface area contributed by atoms with Gasteiger partial charge in [0.25, 0.3) is 0 Å². The molecule has 4 aliphatic rings. The van der Waals surface area contributed by atoms with Gasteiger partial charge < -0.3 is 4.43 Å². The van der Waals surface area contributed by atoms with Gasteiger partial charge >= 0.3 is 0 Å². The molecule has 0 saturated heterocycles. The van der Waals surface area contributed by atoms with Gasteiger partial charge in [0.1, 0.15) is 0 Å². The van der Waals surface area contributed by atoms with Gasteiger partial charge in [-0.3, -0.25) is 0 Å². The maximum atomic E-state index is 6.72. The summed E-state index contributed by atoms with van der Waals surface area (Å²) in [4.78, 5) is 0. The van der Waals surface area contributed by atoms with Gasteiger partial charge in [-0.1, -0.05) is 50.5 Å². The van der Waals surface area contributed by atoms with Crippen LogP contribution in [-0.4, -0.2) is 14.4 Å². The predicted octanol–water partition coefficient (Wildman–Crippen LogP) is 9.56. The molecule has 1 nitrogen and oxygen atoms in total. The van der Waals surface area contributed by atoms with E-state index in [2.05, 4.69) is 67.3 Å². The molecule has 3 saturated carbocycles. The van der Waals surface area contributed by atoms with Crippen molar-refractivity contribution in [1.29, 1.82) is 0 Å². The van der Waals surface area contributed by atoms with E-state index in [4.69, 9.17) is 4.43 Å². The van der Waals surface area contributed by atoms with Crippen molar-refractivity contribution in [2.24, 2.45) is 40.4 Å². The minimum atomic E-state index is -1.48. The maximum absolute atomic E-state index is 6.72. The summed E-state index contributed by atoms with van der Waals surface area (Å²) < 4.78 is 6.72. The van der Waals surface area contributed by atoms with Crippen LogP contribution < -0.4 is 0 Å². The molecule has 0 N–H and O–H groups in total. The minimum absolute atomic E-state index is 0.489. The van der Waals surface area contributed by atoms with Crippen LogP contribution in [0.4, 0.5) is 0 Å². The van der Waals surface area contributed by atoms with Crippen molar-refractivity contribution in [2.45, 2.75) is 131 Å². The highest BCUT2D eigenvalue weighted by Crippen LogP contribution is 2.66. The van der Waals surface area contributed by atoms with Crippen molar-refractivity contribution in [3.05, 3.63) is 22.8 Å². The van der Waals surface area contributed by atoms with E-state index in [1.807, 2.05) is 11.1 Å². The number of hydrogen-bond acceptors (Lipinski definition) is 1. The van der Waals surface area contributed by atoms with Gasteiger partial charge in [-0.2, -0.15) is 0 Å². The Balaban J connectivity index is 1.54. The molecule has 3 fully saturated rings. The van der Waals surface area contributed by atoms with Gasteiger partial charge in [0.05, 0.1) is 0 Å². The average molecular weight is 471 g/mol. The third kappa shape index (κ3) is 4.74. The molecule has 0 spiro atoms. The fraction of sp³-hybridized carbons (Fsp3) is 0.871. The van der Waals surface area contributed by atoms with Gasteiger partial charge in [-0.05, 0) is 138 Å². The van der Waals surface area contributed by atoms with Crippen molar-refractivity contribution in [2.75, 3.05) is 0 Å². The fourth-order valence-corrected chi connectivity index (χ4v) is 10.6. The Labute approximate surface area is 207 Å². The van der Waals surface area contributed by atoms with Crippen LogP contribution in [0.15, 0.2) is 22.8 Å². The second-order valence-corrected chi connectivity index (χ2v) is 18.8. The van der Waals surface area contributed by atoms with Gasteiger partial charge in [-0.15, -0.1) is 0 Å². The number of allylic oxidation sites excluding steroid dienone is 4. The Morgan fingerprint density at radius 3 is 2.45 bits per heavy atom. The van der Waals surface area contributed by atoms with Crippen molar-refractivity contribution in [1.82, 2.24) is 0 Å². The number of rotatable bonds is 6. The smallest absolute Gasteiger partial charge is 0.184 e. The van der Waals surface area contributed by atoms with Crippen molar-refractivity contribution >= 4 is 8.32 Å². The Hall–Kier alpha value is -0.343. The van der Waals surface area contributed by atoms with E-state index >= 15 is 0 Å². The number of fused-ring (bicyclic) bond motifs is 4. The lowest BCUT2D eigenvalue weighted by Gasteiger charge is -2.59. The van der Waals surface area contributed by atoms with Gasteiger partial charge in [0.2, 0.25) is 0 Å². The zero-order valence-corrected chi connectivity index (χ0v) is 24.5. The molecule has 8 atom stereocenters. The molecule has 0 aliphatic heterocycles. The molecule has 0 amide bonds. The summed E-state index contributed by atoms with van der Waals surface area (Å²) >= 11 is 0. The van der Waals surface area contributed by atoms with Gasteiger partial charge in [0.15, 0.2) is 8.32 Å². The molecule has 0 bridgehead atoms. The van der Waals surface area contributed by atoms with Crippen LogP contribution >= 0.6 is 0 Å². The normalized spacial score (nSPS) is 41.8. The monoisotopic (exact) mass is 470 g/mol. The molecule has 4 rings (SSSR count). The Kier molecular flexibility index (Phi) is 7.23. The summed E-state index contributed by atoms with van der Waals surface area (Å²) in [5, 5.41) is 0. The standard InChI is InChI=1S/C31H54OSi/c1-21(2)11-10-12-22(3)25-15-16-27-24-13-14-26-23(4)29(32-33(7,8)9)18-20-31(26,6)28(24)17-19-30(25,27)5/h11,22-23,25-26,28-29H,10,12-20H2,1-9H3/t22-,23+,25-,26?,28+,29?,30-,31+/m1/s1. The third-order valence-corrected chi connectivity index (χ3v) is 11.9. The molecule has 0 heterocycles. The van der Waals surface area contributed by atoms with Gasteiger partial charge in [-0.25, -0.2) is 0 Å². The van der Waals surface area contributed by atoms with Gasteiger partial charge in [0, 0.05) is 6.10 Å². The van der Waals surface area contributed by atoms with Crippen LogP contribution in [0.1, 0.15) is 106 Å². The van der Waals surface area contributed by atoms with E-state index in [0.717, 1.165) is 29.6 Å². The van der Waals surface area contributed by atoms with E-state index in [0.29, 0.717) is 16.9 Å². The lowest BCUT2D eigenvalue weighted by atomic mass is 9.47. The second kappa shape index (κ2) is 9.27. The summed E-state index contributed by atoms with van der Waals surface area (Å²) in [6.07, 6.45) is 16.8. The molecule has 2 heteroatoms. The predicted molar refractivity (Wildman–Crippen MR) is 146 cm³/mol. The average Bonchev–Trinajstić information content (AvgIpc) is 3.06. The van der Waals surface area contributed by atoms with Crippen molar-refractivity contribution < 1.29 is 4.43 Å². The molecular formula is C31H54OSi. The highest BCUT2D eigenvalue weighted by atomic mass is 28.4. The molecule has 0 aromatic heterocycles. The lowest BCUT2D eigenvalue weighted by Crippen LogP contribution is -2.53. The van der Waals surface area contributed by atoms with E-state index < -0.39 is 8.32 Å². The van der Waals surface area contributed by atoms with Crippen LogP contribution in [0.5, 0.6) is 0 Å². The summed E-state index contributed by atoms with van der Waals surface area (Å²) in [5.41, 5.74) is 6.38. The zero-order chi connectivity index (χ0) is 24.2. The molecular weight excluding hydrogens is 416 g/mol. The van der Waals surface area contributed by atoms with Crippen LogP contribution in [0.3, 0.4) is 0 Å². The molecule has 0 radical (unpaired) electrons. The molecule has 0 aromatic rings. The highest BCUT2D eigenvalue weighted by Gasteiger charge is 2.57. The first kappa shape index (κ1) is 25.7. The summed E-state index contributed by atoms with van der Waals surface area (Å²) in [6.45, 7) is 22.1. The van der Waals surface area contributed by atoms with E-state index in [-0.39, 0.29) is 0 Å². The minimum Gasteiger partial charge on any atom is -0.414 e. The van der Waals surface area contributed by atoms with Crippen molar-refractivity contribution in [3.8, 4) is 0 Å². The third-order valence-electron chi connectivity index (χ3n) is 10.9. The van der Waals surface area contributed by atoms with Crippen LogP contribution in [0, 0.1) is 40.4 Å². The van der Waals surface area contributed by atoms with Crippen LogP contribution in [-0.2, 0) is 4.43 Å². The molecule has 188 valence electrons. The molecule has 2 unspecified atom stereocenters. The topological polar surface area (TPSA) is 9.23 Å². The lowest BCUT2D eigenvalue weighted by molar-refractivity contribution is -0.0718. The summed E-state index contributed by atoms with van der Waals surface area (Å²) in [6, 6.07) is 0. The second-order valence-electron chi connectivity index (χ2n) is 14.3. The molecule has 0 aromatic carbocycles. The van der Waals surface area contributed by atoms with E-state index in [1.54, 1.807) is 0 Å². The Bertz CT molecular complexity index is 783. The summed E-state index contributed by atoms with van der Waals surface area (Å²) in [5.74, 6) is 4.18. The molecule has 4 aliphatic carbocycles. The van der Waals surface area contributed by atoms with E-state index in [1.165, 1.54) is 69.8 Å². The first-order valence-electron chi connectivity index (χ1n) is 14.4. The highest BCUT2D eigenvalue weighted by molar-refractivity contribution is 6.69. The number of hydrogen-bond donors (Lipinski definition) is 0. The first-order chi connectivity index (χ1) is 15.4. The SMILES string of the molecule is CC(C)=CCC[C@@H](C)[C@H]1CCC2=C3CCC4[C@H](C)C(O[Si](C)(C)C)CC[C@]4(C)[C@H]3CC[C@@]21C. The quantitative estimate of drug-likeness (QED) is 0.277. The van der Waals surface area contributed by atoms with Crippen molar-refractivity contribution in [3.63, 3.8) is 0 Å². The first-order valence-corrected chi connectivity index (χ1v) is 17.8. The Morgan fingerprint density at radius 2 is 1.79 bits per heavy atom. The fourth-order valence-electron chi connectivity index (χ4n) is 9.34. The van der Waals surface area contributed by atoms with Crippen LogP contribution in [0.25, 0.3) is 0 Å².